The van der Waals surface area contributed by atoms with Crippen LogP contribution >= 0.6 is 24.0 Å². The van der Waals surface area contributed by atoms with E-state index < -0.39 is 9.85 Å². The Morgan fingerprint density at radius 2 is 1.64 bits per heavy atom. The second-order valence-electron chi connectivity index (χ2n) is 4.95. The fraction of sp³-hybridized carbons (Fsp3) is 0.200. The summed E-state index contributed by atoms with van der Waals surface area (Å²) < 4.78 is 0. The lowest BCUT2D eigenvalue weighted by Gasteiger charge is -2.09. The minimum atomic E-state index is -0.504. The number of hydrogen-bond donors (Lipinski definition) is 2. The first kappa shape index (κ1) is 20.6. The molecular formula is C15H16Cl2N4O4. The van der Waals surface area contributed by atoms with Crippen molar-refractivity contribution >= 4 is 41.1 Å². The summed E-state index contributed by atoms with van der Waals surface area (Å²) in [7, 11) is 0. The van der Waals surface area contributed by atoms with E-state index >= 15 is 0 Å². The highest BCUT2D eigenvalue weighted by Crippen LogP contribution is 2.26. The molecule has 0 aliphatic carbocycles. The molecule has 25 heavy (non-hydrogen) atoms. The molecule has 8 nitrogen and oxygen atoms in total. The number of hydrogen-bond acceptors (Lipinski definition) is 6. The highest BCUT2D eigenvalue weighted by Gasteiger charge is 2.09. The van der Waals surface area contributed by atoms with Crippen LogP contribution in [0.4, 0.5) is 17.1 Å². The van der Waals surface area contributed by atoms with Gasteiger partial charge in [-0.3, -0.25) is 20.2 Å². The summed E-state index contributed by atoms with van der Waals surface area (Å²) in [6.45, 7) is 1.64. The van der Waals surface area contributed by atoms with Crippen molar-refractivity contribution in [3.05, 3.63) is 73.3 Å². The average Bonchev–Trinajstić information content (AvgIpc) is 2.56. The van der Waals surface area contributed by atoms with Gasteiger partial charge in [-0.05, 0) is 11.6 Å². The maximum absolute atomic E-state index is 10.7. The van der Waals surface area contributed by atoms with Crippen molar-refractivity contribution in [1.29, 1.82) is 0 Å². The fourth-order valence-electron chi connectivity index (χ4n) is 2.06. The molecule has 2 rings (SSSR count). The second kappa shape index (κ2) is 9.77. The van der Waals surface area contributed by atoms with Gasteiger partial charge in [0.2, 0.25) is 0 Å². The van der Waals surface area contributed by atoms with Gasteiger partial charge < -0.3 is 10.6 Å². The molecule has 10 heteroatoms. The van der Waals surface area contributed by atoms with Crippen molar-refractivity contribution in [1.82, 2.24) is 5.32 Å². The van der Waals surface area contributed by atoms with Crippen LogP contribution in [0.2, 0.25) is 5.02 Å². The van der Waals surface area contributed by atoms with Crippen LogP contribution < -0.4 is 10.6 Å². The first-order valence-corrected chi connectivity index (χ1v) is 7.47. The fourth-order valence-corrected chi connectivity index (χ4v) is 2.30. The van der Waals surface area contributed by atoms with Gasteiger partial charge in [-0.25, -0.2) is 0 Å². The van der Waals surface area contributed by atoms with Gasteiger partial charge in [0, 0.05) is 43.9 Å². The van der Waals surface area contributed by atoms with E-state index in [2.05, 4.69) is 10.6 Å². The molecule has 0 fully saturated rings. The number of non-ortho nitro benzene ring substituents is 2. The van der Waals surface area contributed by atoms with E-state index in [0.29, 0.717) is 25.3 Å². The lowest BCUT2D eigenvalue weighted by molar-refractivity contribution is -0.385. The zero-order valence-electron chi connectivity index (χ0n) is 13.0. The molecule has 2 N–H and O–H groups in total. The van der Waals surface area contributed by atoms with E-state index in [1.807, 2.05) is 0 Å². The number of nitro groups is 2. The van der Waals surface area contributed by atoms with Gasteiger partial charge in [-0.15, -0.1) is 12.4 Å². The highest BCUT2D eigenvalue weighted by molar-refractivity contribution is 6.33. The molecular weight excluding hydrogens is 371 g/mol. The Kier molecular flexibility index (Phi) is 8.06. The van der Waals surface area contributed by atoms with E-state index in [1.165, 1.54) is 24.3 Å². The van der Waals surface area contributed by atoms with Crippen LogP contribution in [-0.4, -0.2) is 22.9 Å². The molecule has 0 heterocycles. The molecule has 0 atom stereocenters. The first-order valence-electron chi connectivity index (χ1n) is 7.09. The van der Waals surface area contributed by atoms with E-state index in [1.54, 1.807) is 18.2 Å². The van der Waals surface area contributed by atoms with Crippen LogP contribution in [0, 0.1) is 20.2 Å². The second-order valence-corrected chi connectivity index (χ2v) is 5.36. The molecule has 2 aromatic rings. The Morgan fingerprint density at radius 3 is 2.28 bits per heavy atom. The van der Waals surface area contributed by atoms with E-state index in [-0.39, 0.29) is 28.8 Å². The van der Waals surface area contributed by atoms with E-state index in [4.69, 9.17) is 11.6 Å². The summed E-state index contributed by atoms with van der Waals surface area (Å²) in [5.41, 5.74) is 1.43. The normalized spacial score (nSPS) is 9.96. The van der Waals surface area contributed by atoms with Crippen molar-refractivity contribution in [2.45, 2.75) is 6.54 Å². The number of nitro benzene ring substituents is 2. The third-order valence-corrected chi connectivity index (χ3v) is 3.54. The summed E-state index contributed by atoms with van der Waals surface area (Å²) in [4.78, 5) is 20.4. The Bertz CT molecular complexity index is 758. The number of anilines is 1. The quantitative estimate of drug-likeness (QED) is 0.405. The number of nitrogens with one attached hydrogen (secondary N) is 2. The summed E-state index contributed by atoms with van der Waals surface area (Å²) in [5, 5.41) is 27.8. The van der Waals surface area contributed by atoms with Crippen LogP contribution in [0.5, 0.6) is 0 Å². The van der Waals surface area contributed by atoms with Crippen LogP contribution in [-0.2, 0) is 6.54 Å². The minimum absolute atomic E-state index is 0. The number of nitrogens with zero attached hydrogens (tertiary/aromatic N) is 2. The number of rotatable bonds is 8. The maximum Gasteiger partial charge on any atom is 0.271 e. The Morgan fingerprint density at radius 1 is 0.960 bits per heavy atom. The molecule has 0 spiro atoms. The average molecular weight is 387 g/mol. The topological polar surface area (TPSA) is 110 Å². The van der Waals surface area contributed by atoms with Crippen LogP contribution in [0.3, 0.4) is 0 Å². The predicted molar refractivity (Wildman–Crippen MR) is 98.6 cm³/mol. The van der Waals surface area contributed by atoms with Gasteiger partial charge in [0.25, 0.3) is 11.4 Å². The third kappa shape index (κ3) is 6.18. The smallest absolute Gasteiger partial charge is 0.271 e. The van der Waals surface area contributed by atoms with Gasteiger partial charge in [0.1, 0.15) is 0 Å². The standard InChI is InChI=1S/C15H15ClN4O4.ClH/c16-14-9-13(20(23)24)4-5-15(14)18-7-6-17-10-11-2-1-3-12(8-11)19(21)22;/h1-5,8-9,17-18H,6-7,10H2;1H. The molecule has 0 bridgehead atoms. The lowest BCUT2D eigenvalue weighted by Crippen LogP contribution is -2.21. The molecule has 0 unspecified atom stereocenters. The van der Waals surface area contributed by atoms with Crippen LogP contribution in [0.1, 0.15) is 5.56 Å². The van der Waals surface area contributed by atoms with Gasteiger partial charge >= 0.3 is 0 Å². The summed E-state index contributed by atoms with van der Waals surface area (Å²) in [6.07, 6.45) is 0. The first-order chi connectivity index (χ1) is 11.5. The van der Waals surface area contributed by atoms with E-state index in [9.17, 15) is 20.2 Å². The summed E-state index contributed by atoms with van der Waals surface area (Å²) >= 11 is 5.98. The summed E-state index contributed by atoms with van der Waals surface area (Å²) in [5.74, 6) is 0. The molecule has 0 radical (unpaired) electrons. The highest BCUT2D eigenvalue weighted by atomic mass is 35.5. The largest absolute Gasteiger partial charge is 0.383 e. The summed E-state index contributed by atoms with van der Waals surface area (Å²) in [6, 6.07) is 10.6. The zero-order valence-corrected chi connectivity index (χ0v) is 14.5. The van der Waals surface area contributed by atoms with Crippen molar-refractivity contribution in [3.63, 3.8) is 0 Å². The molecule has 0 amide bonds. The molecule has 0 aliphatic rings. The maximum atomic E-state index is 10.7. The third-order valence-electron chi connectivity index (χ3n) is 3.23. The monoisotopic (exact) mass is 386 g/mol. The molecule has 0 aliphatic heterocycles. The van der Waals surface area contributed by atoms with E-state index in [0.717, 1.165) is 5.56 Å². The van der Waals surface area contributed by atoms with Crippen molar-refractivity contribution in [2.24, 2.45) is 0 Å². The molecule has 0 saturated heterocycles. The Hall–Kier alpha value is -2.42. The van der Waals surface area contributed by atoms with Crippen molar-refractivity contribution < 1.29 is 9.85 Å². The van der Waals surface area contributed by atoms with Crippen molar-refractivity contribution in [3.8, 4) is 0 Å². The van der Waals surface area contributed by atoms with Crippen molar-refractivity contribution in [2.75, 3.05) is 18.4 Å². The van der Waals surface area contributed by atoms with Gasteiger partial charge in [0.05, 0.1) is 20.6 Å². The molecule has 0 aromatic heterocycles. The van der Waals surface area contributed by atoms with Gasteiger partial charge in [0.15, 0.2) is 0 Å². The van der Waals surface area contributed by atoms with Crippen LogP contribution in [0.25, 0.3) is 0 Å². The van der Waals surface area contributed by atoms with Gasteiger partial charge in [-0.1, -0.05) is 23.7 Å². The Balaban J connectivity index is 0.00000312. The predicted octanol–water partition coefficient (Wildman–Crippen LogP) is 3.78. The Labute approximate surface area is 154 Å². The molecule has 0 saturated carbocycles. The number of benzene rings is 2. The SMILES string of the molecule is Cl.O=[N+]([O-])c1cccc(CNCCNc2ccc([N+](=O)[O-])cc2Cl)c1. The number of halogens is 2. The zero-order chi connectivity index (χ0) is 17.5. The lowest BCUT2D eigenvalue weighted by atomic mass is 10.2. The van der Waals surface area contributed by atoms with Gasteiger partial charge in [-0.2, -0.15) is 0 Å². The molecule has 134 valence electrons. The van der Waals surface area contributed by atoms with Crippen LogP contribution in [0.15, 0.2) is 42.5 Å². The molecule has 2 aromatic carbocycles. The minimum Gasteiger partial charge on any atom is -0.383 e.